The molecule has 0 saturated heterocycles. The van der Waals surface area contributed by atoms with Gasteiger partial charge < -0.3 is 0 Å². The highest BCUT2D eigenvalue weighted by atomic mass is 19.4. The number of hydrogen-bond donors (Lipinski definition) is 0. The van der Waals surface area contributed by atoms with Crippen LogP contribution in [0.5, 0.6) is 0 Å². The van der Waals surface area contributed by atoms with Crippen molar-refractivity contribution in [2.45, 2.75) is 19.3 Å². The standard InChI is InChI=1S/C22H16F3N3O2/c23-22(24,25)17-9-4-8-16(12-17)14-27-18-10-5-11-26-19(18)20(29)28(21(27)30)13-15-6-2-1-3-7-15/h1-12H,13-14H2. The number of fused-ring (bicyclic) bond motifs is 1. The van der Waals surface area contributed by atoms with Gasteiger partial charge in [0.25, 0.3) is 5.56 Å². The SMILES string of the molecule is O=c1c2ncccc2n(Cc2cccc(C(F)(F)F)c2)c(=O)n1Cc1ccccc1. The zero-order valence-corrected chi connectivity index (χ0v) is 15.6. The molecule has 0 aliphatic carbocycles. The molecule has 30 heavy (non-hydrogen) atoms. The minimum Gasteiger partial charge on any atom is -0.287 e. The highest BCUT2D eigenvalue weighted by Gasteiger charge is 2.30. The van der Waals surface area contributed by atoms with Gasteiger partial charge in [-0.2, -0.15) is 13.2 Å². The molecule has 8 heteroatoms. The summed E-state index contributed by atoms with van der Waals surface area (Å²) in [6, 6.07) is 16.9. The van der Waals surface area contributed by atoms with Gasteiger partial charge in [-0.15, -0.1) is 0 Å². The van der Waals surface area contributed by atoms with Gasteiger partial charge in [-0.3, -0.25) is 13.9 Å². The number of rotatable bonds is 4. The lowest BCUT2D eigenvalue weighted by atomic mass is 10.1. The molecule has 0 atom stereocenters. The third kappa shape index (κ3) is 3.76. The first kappa shape index (κ1) is 19.6. The predicted octanol–water partition coefficient (Wildman–Crippen LogP) is 3.67. The molecule has 5 nitrogen and oxygen atoms in total. The summed E-state index contributed by atoms with van der Waals surface area (Å²) in [5, 5.41) is 0. The van der Waals surface area contributed by atoms with E-state index in [1.54, 1.807) is 36.4 Å². The lowest BCUT2D eigenvalue weighted by Crippen LogP contribution is -2.40. The molecule has 2 aromatic carbocycles. The van der Waals surface area contributed by atoms with Crippen LogP contribution in [0.15, 0.2) is 82.5 Å². The lowest BCUT2D eigenvalue weighted by molar-refractivity contribution is -0.137. The Balaban J connectivity index is 1.87. The monoisotopic (exact) mass is 411 g/mol. The number of pyridine rings is 1. The van der Waals surface area contributed by atoms with E-state index in [4.69, 9.17) is 0 Å². The number of benzene rings is 2. The molecular formula is C22H16F3N3O2. The molecule has 0 N–H and O–H groups in total. The summed E-state index contributed by atoms with van der Waals surface area (Å²) in [7, 11) is 0. The second kappa shape index (κ2) is 7.62. The van der Waals surface area contributed by atoms with Gasteiger partial charge >= 0.3 is 11.9 Å². The predicted molar refractivity (Wildman–Crippen MR) is 106 cm³/mol. The van der Waals surface area contributed by atoms with E-state index in [2.05, 4.69) is 4.98 Å². The van der Waals surface area contributed by atoms with Crippen LogP contribution in [-0.2, 0) is 19.3 Å². The third-order valence-electron chi connectivity index (χ3n) is 4.77. The van der Waals surface area contributed by atoms with E-state index in [0.717, 1.165) is 22.3 Å². The number of halogens is 3. The van der Waals surface area contributed by atoms with E-state index in [9.17, 15) is 22.8 Å². The first-order valence-corrected chi connectivity index (χ1v) is 9.13. The van der Waals surface area contributed by atoms with Gasteiger partial charge in [0.05, 0.1) is 24.2 Å². The van der Waals surface area contributed by atoms with Crippen LogP contribution in [-0.4, -0.2) is 14.1 Å². The number of aromatic nitrogens is 3. The topological polar surface area (TPSA) is 56.9 Å². The first-order valence-electron chi connectivity index (χ1n) is 9.13. The van der Waals surface area contributed by atoms with Gasteiger partial charge in [0.15, 0.2) is 5.52 Å². The molecule has 0 bridgehead atoms. The molecule has 0 radical (unpaired) electrons. The fraction of sp³-hybridized carbons (Fsp3) is 0.136. The first-order chi connectivity index (χ1) is 14.3. The highest BCUT2D eigenvalue weighted by molar-refractivity contribution is 5.73. The minimum atomic E-state index is -4.49. The van der Waals surface area contributed by atoms with Gasteiger partial charge in [0.1, 0.15) is 0 Å². The van der Waals surface area contributed by atoms with Gasteiger partial charge in [0, 0.05) is 6.20 Å². The Morgan fingerprint density at radius 3 is 2.23 bits per heavy atom. The maximum absolute atomic E-state index is 13.2. The zero-order chi connectivity index (χ0) is 21.3. The van der Waals surface area contributed by atoms with Crippen molar-refractivity contribution in [1.29, 1.82) is 0 Å². The fourth-order valence-corrected chi connectivity index (χ4v) is 3.33. The van der Waals surface area contributed by atoms with Gasteiger partial charge in [0.2, 0.25) is 0 Å². The van der Waals surface area contributed by atoms with Crippen LogP contribution < -0.4 is 11.2 Å². The largest absolute Gasteiger partial charge is 0.416 e. The second-order valence-corrected chi connectivity index (χ2v) is 6.81. The van der Waals surface area contributed by atoms with E-state index >= 15 is 0 Å². The van der Waals surface area contributed by atoms with Gasteiger partial charge in [-0.1, -0.05) is 42.5 Å². The third-order valence-corrected chi connectivity index (χ3v) is 4.77. The highest BCUT2D eigenvalue weighted by Crippen LogP contribution is 2.29. The summed E-state index contributed by atoms with van der Waals surface area (Å²) < 4.78 is 41.6. The van der Waals surface area contributed by atoms with E-state index < -0.39 is 23.0 Å². The average molecular weight is 411 g/mol. The van der Waals surface area contributed by atoms with Crippen LogP contribution in [0, 0.1) is 0 Å². The molecule has 0 aliphatic heterocycles. The van der Waals surface area contributed by atoms with Crippen molar-refractivity contribution in [3.63, 3.8) is 0 Å². The average Bonchev–Trinajstić information content (AvgIpc) is 2.74. The molecule has 0 saturated carbocycles. The molecule has 0 amide bonds. The lowest BCUT2D eigenvalue weighted by Gasteiger charge is -2.15. The summed E-state index contributed by atoms with van der Waals surface area (Å²) in [6.07, 6.45) is -3.05. The van der Waals surface area contributed by atoms with Crippen molar-refractivity contribution in [3.05, 3.63) is 110 Å². The maximum Gasteiger partial charge on any atom is 0.416 e. The van der Waals surface area contributed by atoms with Crippen molar-refractivity contribution in [1.82, 2.24) is 14.1 Å². The van der Waals surface area contributed by atoms with E-state index in [1.807, 2.05) is 6.07 Å². The van der Waals surface area contributed by atoms with Crippen LogP contribution in [0.1, 0.15) is 16.7 Å². The Hall–Kier alpha value is -3.68. The van der Waals surface area contributed by atoms with Crippen LogP contribution in [0.4, 0.5) is 13.2 Å². The summed E-state index contributed by atoms with van der Waals surface area (Å²) in [4.78, 5) is 30.2. The fourth-order valence-electron chi connectivity index (χ4n) is 3.33. The molecule has 2 aromatic heterocycles. The Bertz CT molecular complexity index is 1330. The van der Waals surface area contributed by atoms with E-state index in [1.165, 1.54) is 22.9 Å². The Labute approximate surface area is 168 Å². The quantitative estimate of drug-likeness (QED) is 0.515. The summed E-state index contributed by atoms with van der Waals surface area (Å²) >= 11 is 0. The minimum absolute atomic E-state index is 0.0353. The smallest absolute Gasteiger partial charge is 0.287 e. The number of alkyl halides is 3. The van der Waals surface area contributed by atoms with Crippen LogP contribution >= 0.6 is 0 Å². The summed E-state index contributed by atoms with van der Waals surface area (Å²) in [5.41, 5.74) is -0.552. The number of nitrogens with zero attached hydrogens (tertiary/aromatic N) is 3. The summed E-state index contributed by atoms with van der Waals surface area (Å²) in [5.74, 6) is 0. The second-order valence-electron chi connectivity index (χ2n) is 6.81. The van der Waals surface area contributed by atoms with E-state index in [-0.39, 0.29) is 24.1 Å². The van der Waals surface area contributed by atoms with Crippen molar-refractivity contribution >= 4 is 11.0 Å². The molecule has 0 fully saturated rings. The van der Waals surface area contributed by atoms with Crippen molar-refractivity contribution in [3.8, 4) is 0 Å². The molecule has 2 heterocycles. The van der Waals surface area contributed by atoms with Crippen LogP contribution in [0.25, 0.3) is 11.0 Å². The number of hydrogen-bond acceptors (Lipinski definition) is 3. The van der Waals surface area contributed by atoms with Crippen molar-refractivity contribution in [2.24, 2.45) is 0 Å². The Morgan fingerprint density at radius 2 is 1.50 bits per heavy atom. The molecule has 0 unspecified atom stereocenters. The normalized spacial score (nSPS) is 11.7. The maximum atomic E-state index is 13.2. The molecule has 0 aliphatic rings. The molecule has 152 valence electrons. The van der Waals surface area contributed by atoms with E-state index in [0.29, 0.717) is 5.56 Å². The van der Waals surface area contributed by atoms with Crippen LogP contribution in [0.2, 0.25) is 0 Å². The molecule has 4 aromatic rings. The summed E-state index contributed by atoms with van der Waals surface area (Å²) in [6.45, 7) is -0.0897. The van der Waals surface area contributed by atoms with Crippen molar-refractivity contribution in [2.75, 3.05) is 0 Å². The Kier molecular flexibility index (Phi) is 4.99. The van der Waals surface area contributed by atoms with Gasteiger partial charge in [-0.05, 0) is 35.4 Å². The van der Waals surface area contributed by atoms with Crippen LogP contribution in [0.3, 0.4) is 0 Å². The van der Waals surface area contributed by atoms with Crippen molar-refractivity contribution < 1.29 is 13.2 Å². The zero-order valence-electron chi connectivity index (χ0n) is 15.6. The Morgan fingerprint density at radius 1 is 0.800 bits per heavy atom. The van der Waals surface area contributed by atoms with Gasteiger partial charge in [-0.25, -0.2) is 9.78 Å². The molecule has 4 rings (SSSR count). The molecule has 0 spiro atoms. The molecular weight excluding hydrogens is 395 g/mol.